The molecular weight excluding hydrogens is 378 g/mol. The lowest BCUT2D eigenvalue weighted by atomic mass is 10.0. The van der Waals surface area contributed by atoms with Crippen LogP contribution in [0.2, 0.25) is 0 Å². The van der Waals surface area contributed by atoms with Crippen molar-refractivity contribution >= 4 is 39.3 Å². The third kappa shape index (κ3) is 3.48. The van der Waals surface area contributed by atoms with Crippen molar-refractivity contribution < 1.29 is 14.4 Å². The second kappa shape index (κ2) is 7.91. The number of hydrogen-bond acceptors (Lipinski definition) is 5. The van der Waals surface area contributed by atoms with Crippen molar-refractivity contribution in [2.75, 3.05) is 0 Å². The molecule has 0 aliphatic carbocycles. The minimum Gasteiger partial charge on any atom is -0.341 e. The maximum absolute atomic E-state index is 12.9. The monoisotopic (exact) mass is 399 g/mol. The van der Waals surface area contributed by atoms with Gasteiger partial charge in [-0.05, 0) is 61.9 Å². The van der Waals surface area contributed by atoms with Crippen molar-refractivity contribution in [3.8, 4) is 0 Å². The maximum Gasteiger partial charge on any atom is 0.331 e. The molecule has 0 atom stereocenters. The van der Waals surface area contributed by atoms with Gasteiger partial charge >= 0.3 is 5.97 Å². The molecule has 0 unspecified atom stereocenters. The molecule has 30 heavy (non-hydrogen) atoms. The average molecular weight is 399 g/mol. The van der Waals surface area contributed by atoms with E-state index in [0.717, 1.165) is 33.9 Å². The minimum atomic E-state index is -0.461. The Morgan fingerprint density at radius 1 is 0.900 bits per heavy atom. The molecule has 0 aliphatic rings. The number of benzene rings is 2. The van der Waals surface area contributed by atoms with Gasteiger partial charge in [0, 0.05) is 58.8 Å². The fourth-order valence-corrected chi connectivity index (χ4v) is 3.67. The van der Waals surface area contributed by atoms with E-state index in [1.807, 2.05) is 36.4 Å². The number of hydrogen-bond donors (Lipinski definition) is 0. The predicted molar refractivity (Wildman–Crippen MR) is 117 cm³/mol. The highest BCUT2D eigenvalue weighted by Crippen LogP contribution is 2.31. The van der Waals surface area contributed by atoms with E-state index in [1.54, 1.807) is 31.5 Å². The van der Waals surface area contributed by atoms with E-state index in [0.29, 0.717) is 16.8 Å². The molecule has 4 aromatic rings. The summed E-state index contributed by atoms with van der Waals surface area (Å²) in [5.41, 5.74) is 4.82. The first-order valence-electron chi connectivity index (χ1n) is 9.73. The zero-order valence-corrected chi connectivity index (χ0v) is 17.0. The number of carbonyl (C=O) groups is 2. The Hall–Kier alpha value is -3.80. The smallest absolute Gasteiger partial charge is 0.331 e. The third-order valence-electron chi connectivity index (χ3n) is 5.11. The molecule has 0 spiro atoms. The van der Waals surface area contributed by atoms with Gasteiger partial charge in [0.2, 0.25) is 0 Å². The van der Waals surface area contributed by atoms with Crippen LogP contribution in [0.1, 0.15) is 42.3 Å². The van der Waals surface area contributed by atoms with Crippen molar-refractivity contribution in [3.63, 3.8) is 0 Å². The molecule has 0 radical (unpaired) electrons. The van der Waals surface area contributed by atoms with Gasteiger partial charge in [-0.3, -0.25) is 9.78 Å². The normalized spacial score (nSPS) is 11.8. The van der Waals surface area contributed by atoms with Crippen molar-refractivity contribution in [2.45, 2.75) is 27.3 Å². The molecule has 150 valence electrons. The van der Waals surface area contributed by atoms with Gasteiger partial charge in [-0.15, -0.1) is 0 Å². The Morgan fingerprint density at radius 3 is 2.10 bits per heavy atom. The summed E-state index contributed by atoms with van der Waals surface area (Å²) in [6.45, 7) is 6.01. The largest absolute Gasteiger partial charge is 0.341 e. The Bertz CT molecular complexity index is 1300. The standard InChI is InChI=1S/C24H21N3O3/c1-4-27-22-7-5-18(15(2)26-30-16(3)28)13-20(22)21-14-19(6-8-23(21)27)24(29)17-9-11-25-12-10-17/h5-14H,4H2,1-3H3/b26-15+. The highest BCUT2D eigenvalue weighted by Gasteiger charge is 2.15. The van der Waals surface area contributed by atoms with E-state index < -0.39 is 5.97 Å². The molecule has 0 fully saturated rings. The zero-order valence-electron chi connectivity index (χ0n) is 17.0. The molecule has 2 aromatic carbocycles. The molecule has 0 N–H and O–H groups in total. The van der Waals surface area contributed by atoms with E-state index in [-0.39, 0.29) is 5.78 Å². The van der Waals surface area contributed by atoms with Gasteiger partial charge < -0.3 is 9.40 Å². The number of nitrogens with zero attached hydrogens (tertiary/aromatic N) is 3. The maximum atomic E-state index is 12.9. The zero-order chi connectivity index (χ0) is 21.3. The average Bonchev–Trinajstić information content (AvgIpc) is 3.09. The molecule has 0 bridgehead atoms. The van der Waals surface area contributed by atoms with Gasteiger partial charge in [0.15, 0.2) is 5.78 Å². The number of carbonyl (C=O) groups excluding carboxylic acids is 2. The van der Waals surface area contributed by atoms with Crippen molar-refractivity contribution in [2.24, 2.45) is 5.16 Å². The van der Waals surface area contributed by atoms with Crippen molar-refractivity contribution in [1.29, 1.82) is 0 Å². The van der Waals surface area contributed by atoms with E-state index >= 15 is 0 Å². The van der Waals surface area contributed by atoms with E-state index in [1.165, 1.54) is 6.92 Å². The molecule has 0 amide bonds. The Kier molecular flexibility index (Phi) is 5.14. The second-order valence-electron chi connectivity index (χ2n) is 7.03. The van der Waals surface area contributed by atoms with Crippen LogP contribution < -0.4 is 0 Å². The Morgan fingerprint density at radius 2 is 1.50 bits per heavy atom. The van der Waals surface area contributed by atoms with Gasteiger partial charge in [-0.1, -0.05) is 11.2 Å². The minimum absolute atomic E-state index is 0.0412. The summed E-state index contributed by atoms with van der Waals surface area (Å²) in [5, 5.41) is 5.91. The van der Waals surface area contributed by atoms with Gasteiger partial charge in [0.05, 0.1) is 5.71 Å². The lowest BCUT2D eigenvalue weighted by molar-refractivity contribution is -0.140. The van der Waals surface area contributed by atoms with Gasteiger partial charge in [-0.25, -0.2) is 4.79 Å². The second-order valence-corrected chi connectivity index (χ2v) is 7.03. The Balaban J connectivity index is 1.88. The lowest BCUT2D eigenvalue weighted by Gasteiger charge is -2.04. The van der Waals surface area contributed by atoms with Gasteiger partial charge in [0.25, 0.3) is 0 Å². The number of aromatic nitrogens is 2. The highest BCUT2D eigenvalue weighted by molar-refractivity contribution is 6.15. The van der Waals surface area contributed by atoms with Crippen LogP contribution in [-0.4, -0.2) is 27.0 Å². The molecule has 6 nitrogen and oxygen atoms in total. The Labute approximate surface area is 173 Å². The molecule has 0 saturated carbocycles. The first kappa shape index (κ1) is 19.5. The quantitative estimate of drug-likeness (QED) is 0.210. The van der Waals surface area contributed by atoms with E-state index in [2.05, 4.69) is 21.6 Å². The summed E-state index contributed by atoms with van der Waals surface area (Å²) in [6.07, 6.45) is 3.23. The van der Waals surface area contributed by atoms with Crippen LogP contribution in [0, 0.1) is 0 Å². The molecular formula is C24H21N3O3. The fraction of sp³-hybridized carbons (Fsp3) is 0.167. The topological polar surface area (TPSA) is 73.6 Å². The van der Waals surface area contributed by atoms with Crippen LogP contribution in [0.15, 0.2) is 66.1 Å². The SMILES string of the molecule is CCn1c2ccc(C(=O)c3ccncc3)cc2c2cc(/C(C)=N/OC(C)=O)ccc21. The predicted octanol–water partition coefficient (Wildman–Crippen LogP) is 4.73. The van der Waals surface area contributed by atoms with Crippen molar-refractivity contribution in [1.82, 2.24) is 9.55 Å². The first-order valence-corrected chi connectivity index (χ1v) is 9.73. The van der Waals surface area contributed by atoms with Crippen molar-refractivity contribution in [3.05, 3.63) is 77.6 Å². The fourth-order valence-electron chi connectivity index (χ4n) is 3.67. The number of ketones is 1. The number of pyridine rings is 1. The van der Waals surface area contributed by atoms with Crippen LogP contribution in [0.25, 0.3) is 21.8 Å². The molecule has 4 rings (SSSR count). The third-order valence-corrected chi connectivity index (χ3v) is 5.11. The molecule has 2 aromatic heterocycles. The summed E-state index contributed by atoms with van der Waals surface area (Å²) in [6, 6.07) is 15.2. The summed E-state index contributed by atoms with van der Waals surface area (Å²) < 4.78 is 2.22. The first-order chi connectivity index (χ1) is 14.5. The number of oxime groups is 1. The van der Waals surface area contributed by atoms with E-state index in [9.17, 15) is 9.59 Å². The highest BCUT2D eigenvalue weighted by atomic mass is 16.7. The van der Waals surface area contributed by atoms with Crippen LogP contribution in [0.3, 0.4) is 0 Å². The van der Waals surface area contributed by atoms with Crippen LogP contribution >= 0.6 is 0 Å². The molecule has 2 heterocycles. The molecule has 0 saturated heterocycles. The van der Waals surface area contributed by atoms with Gasteiger partial charge in [0.1, 0.15) is 0 Å². The number of aryl methyl sites for hydroxylation is 1. The molecule has 0 aliphatic heterocycles. The van der Waals surface area contributed by atoms with Crippen LogP contribution in [0.4, 0.5) is 0 Å². The molecule has 6 heteroatoms. The lowest BCUT2D eigenvalue weighted by Crippen LogP contribution is -2.01. The van der Waals surface area contributed by atoms with Crippen LogP contribution in [0.5, 0.6) is 0 Å². The van der Waals surface area contributed by atoms with Gasteiger partial charge in [-0.2, -0.15) is 0 Å². The summed E-state index contributed by atoms with van der Waals surface area (Å²) in [4.78, 5) is 32.7. The van der Waals surface area contributed by atoms with Crippen LogP contribution in [-0.2, 0) is 16.2 Å². The summed E-state index contributed by atoms with van der Waals surface area (Å²) in [7, 11) is 0. The number of fused-ring (bicyclic) bond motifs is 3. The van der Waals surface area contributed by atoms with E-state index in [4.69, 9.17) is 4.84 Å². The summed E-state index contributed by atoms with van der Waals surface area (Å²) in [5.74, 6) is -0.502. The summed E-state index contributed by atoms with van der Waals surface area (Å²) >= 11 is 0. The number of rotatable bonds is 5.